The van der Waals surface area contributed by atoms with E-state index in [0.717, 1.165) is 12.1 Å². The second-order valence-electron chi connectivity index (χ2n) is 13.9. The van der Waals surface area contributed by atoms with E-state index in [1.54, 1.807) is 72.8 Å². The number of benzene rings is 7. The van der Waals surface area contributed by atoms with E-state index in [0.29, 0.717) is 31.8 Å². The molecule has 0 N–H and O–H groups in total. The summed E-state index contributed by atoms with van der Waals surface area (Å²) in [5.41, 5.74) is -3.12. The molecule has 0 aliphatic carbocycles. The Kier molecular flexibility index (Phi) is 10.8. The van der Waals surface area contributed by atoms with Gasteiger partial charge in [-0.2, -0.15) is 0 Å². The summed E-state index contributed by atoms with van der Waals surface area (Å²) < 4.78 is 94.7. The van der Waals surface area contributed by atoms with Gasteiger partial charge in [0.2, 0.25) is 0 Å². The third kappa shape index (κ3) is 6.87. The normalized spacial score (nSPS) is 13.9. The summed E-state index contributed by atoms with van der Waals surface area (Å²) in [5, 5.41) is -4.26. The molecule has 286 valence electrons. The standard InChI is InChI=1S/C46H36Br2F6P2/c47-55(37-19-7-1-8-20-37,38-21-9-2-10-22-38,39-23-11-3-12-24-39)33-35-31-44(46(52,53)54)36(32-43(35)45(49,50)51)34-56(48,40-25-13-4-14-26-40,41-27-15-5-16-28-41)42-29-17-6-18-30-42/h1-32H,33-34H2. The Balaban J connectivity index is 1.58. The molecule has 0 saturated carbocycles. The molecular formula is C46H36Br2F6P2. The fourth-order valence-electron chi connectivity index (χ4n) is 7.99. The van der Waals surface area contributed by atoms with Crippen LogP contribution in [-0.2, 0) is 24.7 Å². The molecule has 7 rings (SSSR count). The van der Waals surface area contributed by atoms with Gasteiger partial charge in [-0.15, -0.1) is 0 Å². The van der Waals surface area contributed by atoms with Crippen LogP contribution < -0.4 is 31.8 Å². The van der Waals surface area contributed by atoms with Crippen LogP contribution >= 0.6 is 41.6 Å². The van der Waals surface area contributed by atoms with Crippen molar-refractivity contribution in [2.75, 3.05) is 0 Å². The molecule has 0 radical (unpaired) electrons. The molecule has 0 nitrogen and oxygen atoms in total. The van der Waals surface area contributed by atoms with Gasteiger partial charge in [0.15, 0.2) is 0 Å². The van der Waals surface area contributed by atoms with Crippen molar-refractivity contribution in [3.63, 3.8) is 0 Å². The van der Waals surface area contributed by atoms with Crippen LogP contribution in [0.2, 0.25) is 0 Å². The Bertz CT molecular complexity index is 2050. The van der Waals surface area contributed by atoms with E-state index in [1.165, 1.54) is 0 Å². The van der Waals surface area contributed by atoms with Crippen LogP contribution in [0.4, 0.5) is 26.3 Å². The zero-order valence-electron chi connectivity index (χ0n) is 29.8. The second-order valence-corrected chi connectivity index (χ2v) is 31.7. The summed E-state index contributed by atoms with van der Waals surface area (Å²) in [6.07, 6.45) is -10.8. The van der Waals surface area contributed by atoms with E-state index < -0.39 is 45.2 Å². The summed E-state index contributed by atoms with van der Waals surface area (Å²) >= 11 is 8.36. The maximum atomic E-state index is 15.8. The molecular weight excluding hydrogens is 888 g/mol. The number of hydrogen-bond donors (Lipinski definition) is 0. The van der Waals surface area contributed by atoms with Gasteiger partial charge in [-0.1, -0.05) is 0 Å². The molecule has 7 aromatic carbocycles. The zero-order valence-corrected chi connectivity index (χ0v) is 34.8. The maximum absolute atomic E-state index is 15.8. The van der Waals surface area contributed by atoms with E-state index in [9.17, 15) is 0 Å². The SMILES string of the molecule is FC(F)(F)c1cc(CP(Br)(c2ccccc2)(c2ccccc2)c2ccccc2)c(C(F)(F)F)cc1CP(Br)(c1ccccc1)(c1ccccc1)c1ccccc1. The summed E-state index contributed by atoms with van der Waals surface area (Å²) in [6.45, 7) is 0. The van der Waals surface area contributed by atoms with Crippen molar-refractivity contribution in [3.05, 3.63) is 216 Å². The summed E-state index contributed by atoms with van der Waals surface area (Å²) in [7, 11) is 0. The van der Waals surface area contributed by atoms with Gasteiger partial charge in [-0.05, 0) is 0 Å². The first-order valence-electron chi connectivity index (χ1n) is 17.8. The van der Waals surface area contributed by atoms with Crippen molar-refractivity contribution in [2.24, 2.45) is 0 Å². The third-order valence-corrected chi connectivity index (χ3v) is 29.6. The summed E-state index contributed by atoms with van der Waals surface area (Å²) in [4.78, 5) is 0. The molecule has 0 amide bonds. The Hall–Kier alpha value is -4.06. The third-order valence-electron chi connectivity index (χ3n) is 10.6. The van der Waals surface area contributed by atoms with Crippen molar-refractivity contribution in [1.29, 1.82) is 0 Å². The fraction of sp³-hybridized carbons (Fsp3) is 0.0870. The second kappa shape index (κ2) is 15.0. The van der Waals surface area contributed by atoms with Crippen molar-refractivity contribution < 1.29 is 26.3 Å². The predicted octanol–water partition coefficient (Wildman–Crippen LogP) is 12.4. The van der Waals surface area contributed by atoms with Gasteiger partial charge in [-0.25, -0.2) is 0 Å². The first-order valence-corrected chi connectivity index (χ1v) is 26.7. The molecule has 0 saturated heterocycles. The molecule has 0 spiro atoms. The quantitative estimate of drug-likeness (QED) is 0.0947. The van der Waals surface area contributed by atoms with Gasteiger partial charge in [0.05, 0.1) is 0 Å². The molecule has 0 atom stereocenters. The predicted molar refractivity (Wildman–Crippen MR) is 232 cm³/mol. The van der Waals surface area contributed by atoms with Crippen molar-refractivity contribution in [1.82, 2.24) is 0 Å². The first kappa shape index (κ1) is 40.1. The molecule has 10 heteroatoms. The average molecular weight is 925 g/mol. The van der Waals surface area contributed by atoms with Crippen LogP contribution in [0.5, 0.6) is 0 Å². The Morgan fingerprint density at radius 1 is 0.321 bits per heavy atom. The monoisotopic (exact) mass is 922 g/mol. The fourth-order valence-corrected chi connectivity index (χ4v) is 23.3. The molecule has 0 aliphatic rings. The Morgan fingerprint density at radius 3 is 0.661 bits per heavy atom. The van der Waals surface area contributed by atoms with Crippen LogP contribution in [0.15, 0.2) is 194 Å². The molecule has 56 heavy (non-hydrogen) atoms. The Labute approximate surface area is 339 Å². The van der Waals surface area contributed by atoms with Gasteiger partial charge >= 0.3 is 341 Å². The molecule has 0 fully saturated rings. The van der Waals surface area contributed by atoms with Gasteiger partial charge < -0.3 is 0 Å². The topological polar surface area (TPSA) is 0 Å². The average Bonchev–Trinajstić information content (AvgIpc) is 3.22. The molecule has 0 aliphatic heterocycles. The van der Waals surface area contributed by atoms with E-state index in [-0.39, 0.29) is 12.3 Å². The number of alkyl halides is 6. The van der Waals surface area contributed by atoms with E-state index in [2.05, 4.69) is 31.0 Å². The van der Waals surface area contributed by atoms with E-state index >= 15 is 26.3 Å². The van der Waals surface area contributed by atoms with Gasteiger partial charge in [0.25, 0.3) is 0 Å². The van der Waals surface area contributed by atoms with E-state index in [4.69, 9.17) is 0 Å². The minimum atomic E-state index is -5.00. The number of hydrogen-bond acceptors (Lipinski definition) is 0. The molecule has 0 bridgehead atoms. The van der Waals surface area contributed by atoms with Crippen LogP contribution in [0.3, 0.4) is 0 Å². The molecule has 0 heterocycles. The van der Waals surface area contributed by atoms with Crippen molar-refractivity contribution in [3.8, 4) is 0 Å². The van der Waals surface area contributed by atoms with Crippen LogP contribution in [-0.4, -0.2) is 0 Å². The van der Waals surface area contributed by atoms with Gasteiger partial charge in [0.1, 0.15) is 0 Å². The molecule has 0 aromatic heterocycles. The molecule has 0 unspecified atom stereocenters. The summed E-state index contributed by atoms with van der Waals surface area (Å²) in [6, 6.07) is 56.1. The first-order chi connectivity index (χ1) is 26.7. The van der Waals surface area contributed by atoms with Crippen LogP contribution in [0.1, 0.15) is 22.3 Å². The van der Waals surface area contributed by atoms with Gasteiger partial charge in [-0.3, -0.25) is 0 Å². The van der Waals surface area contributed by atoms with Crippen molar-refractivity contribution >= 4 is 73.4 Å². The minimum absolute atomic E-state index is 0.379. The number of rotatable bonds is 10. The van der Waals surface area contributed by atoms with Crippen molar-refractivity contribution in [2.45, 2.75) is 24.7 Å². The Morgan fingerprint density at radius 2 is 0.500 bits per heavy atom. The van der Waals surface area contributed by atoms with Crippen LogP contribution in [0, 0.1) is 0 Å². The van der Waals surface area contributed by atoms with E-state index in [1.807, 2.05) is 109 Å². The summed E-state index contributed by atoms with van der Waals surface area (Å²) in [5.74, 6) is 0. The zero-order chi connectivity index (χ0) is 39.7. The van der Waals surface area contributed by atoms with Crippen LogP contribution in [0.25, 0.3) is 0 Å². The number of halogens is 8. The molecule has 7 aromatic rings. The van der Waals surface area contributed by atoms with Gasteiger partial charge in [0, 0.05) is 0 Å².